The molecule has 3 rings (SSSR count). The minimum absolute atomic E-state index is 0.140. The topological polar surface area (TPSA) is 64.6 Å². The molecule has 3 aromatic rings. The summed E-state index contributed by atoms with van der Waals surface area (Å²) in [5.41, 5.74) is 2.02. The van der Waals surface area contributed by atoms with E-state index in [-0.39, 0.29) is 17.9 Å². The lowest BCUT2D eigenvalue weighted by molar-refractivity contribution is -0.136. The molecule has 3 aromatic carbocycles. The molecule has 0 radical (unpaired) electrons. The molecule has 0 aromatic heterocycles. The van der Waals surface area contributed by atoms with E-state index >= 15 is 0 Å². The largest absolute Gasteiger partial charge is 0.482 e. The van der Waals surface area contributed by atoms with Crippen molar-refractivity contribution in [3.8, 4) is 11.5 Å². The molecule has 0 heterocycles. The van der Waals surface area contributed by atoms with E-state index in [0.29, 0.717) is 22.7 Å². The third kappa shape index (κ3) is 6.43. The summed E-state index contributed by atoms with van der Waals surface area (Å²) in [6.45, 7) is 6.02. The van der Waals surface area contributed by atoms with Gasteiger partial charge < -0.3 is 14.8 Å². The van der Waals surface area contributed by atoms with Crippen molar-refractivity contribution in [3.05, 3.63) is 88.4 Å². The van der Waals surface area contributed by atoms with Crippen LogP contribution in [-0.4, -0.2) is 18.5 Å². The summed E-state index contributed by atoms with van der Waals surface area (Å²) >= 11 is 3.47. The Kier molecular flexibility index (Phi) is 7.13. The number of rotatable bonds is 6. The lowest BCUT2D eigenvalue weighted by Crippen LogP contribution is -2.20. The molecule has 0 atom stereocenters. The third-order valence-electron chi connectivity index (χ3n) is 4.47. The van der Waals surface area contributed by atoms with Gasteiger partial charge in [-0.1, -0.05) is 54.9 Å². The fraction of sp³-hybridized carbons (Fsp3) is 0.200. The highest BCUT2D eigenvalue weighted by Gasteiger charge is 2.20. The summed E-state index contributed by atoms with van der Waals surface area (Å²) in [7, 11) is 0. The molecular formula is C25H24BrNO4. The monoisotopic (exact) mass is 481 g/mol. The van der Waals surface area contributed by atoms with E-state index in [2.05, 4.69) is 42.0 Å². The van der Waals surface area contributed by atoms with Crippen molar-refractivity contribution < 1.29 is 19.1 Å². The van der Waals surface area contributed by atoms with Gasteiger partial charge in [0.2, 0.25) is 0 Å². The maximum Gasteiger partial charge on any atom is 0.349 e. The summed E-state index contributed by atoms with van der Waals surface area (Å²) in [5.74, 6) is 0.221. The van der Waals surface area contributed by atoms with Gasteiger partial charge in [0, 0.05) is 21.3 Å². The second-order valence-electron chi connectivity index (χ2n) is 8.00. The molecular weight excluding hydrogens is 458 g/mol. The van der Waals surface area contributed by atoms with Crippen molar-refractivity contribution in [1.29, 1.82) is 0 Å². The number of anilines is 1. The number of nitrogens with one attached hydrogen (secondary N) is 1. The number of hydrogen-bond acceptors (Lipinski definition) is 4. The number of carbonyl (C=O) groups is 2. The molecule has 0 saturated heterocycles. The van der Waals surface area contributed by atoms with E-state index in [4.69, 9.17) is 9.47 Å². The van der Waals surface area contributed by atoms with Gasteiger partial charge in [-0.2, -0.15) is 0 Å². The van der Waals surface area contributed by atoms with Gasteiger partial charge in [0.25, 0.3) is 5.91 Å². The zero-order valence-corrected chi connectivity index (χ0v) is 19.2. The summed E-state index contributed by atoms with van der Waals surface area (Å²) in [5, 5.41) is 2.81. The second-order valence-corrected chi connectivity index (χ2v) is 8.91. The van der Waals surface area contributed by atoms with E-state index in [1.807, 2.05) is 48.5 Å². The summed E-state index contributed by atoms with van der Waals surface area (Å²) in [6, 6.07) is 21.3. The predicted octanol–water partition coefficient (Wildman–Crippen LogP) is 5.98. The SMILES string of the molecule is CC(C)(C)c1cc(Br)ccc1OCC(=O)Oc1ccc(C(=O)Nc2ccccc2)cc1. The molecule has 0 aliphatic rings. The van der Waals surface area contributed by atoms with Crippen LogP contribution >= 0.6 is 15.9 Å². The van der Waals surface area contributed by atoms with Gasteiger partial charge >= 0.3 is 5.97 Å². The Morgan fingerprint density at radius 1 is 0.935 bits per heavy atom. The zero-order valence-electron chi connectivity index (χ0n) is 17.6. The van der Waals surface area contributed by atoms with Gasteiger partial charge in [0.1, 0.15) is 11.5 Å². The number of esters is 1. The Morgan fingerprint density at radius 2 is 1.61 bits per heavy atom. The fourth-order valence-electron chi connectivity index (χ4n) is 2.91. The smallest absolute Gasteiger partial charge is 0.349 e. The van der Waals surface area contributed by atoms with Crippen LogP contribution in [-0.2, 0) is 10.2 Å². The van der Waals surface area contributed by atoms with Crippen LogP contribution in [0, 0.1) is 0 Å². The molecule has 0 spiro atoms. The van der Waals surface area contributed by atoms with Crippen LogP contribution < -0.4 is 14.8 Å². The number of para-hydroxylation sites is 1. The fourth-order valence-corrected chi connectivity index (χ4v) is 3.27. The molecule has 1 N–H and O–H groups in total. The molecule has 160 valence electrons. The first kappa shape index (κ1) is 22.6. The van der Waals surface area contributed by atoms with E-state index in [0.717, 1.165) is 10.0 Å². The standard InChI is InChI=1S/C25H24BrNO4/c1-25(2,3)21-15-18(26)11-14-22(21)30-16-23(28)31-20-12-9-17(10-13-20)24(29)27-19-7-5-4-6-8-19/h4-15H,16H2,1-3H3,(H,27,29). The zero-order chi connectivity index (χ0) is 22.4. The highest BCUT2D eigenvalue weighted by Crippen LogP contribution is 2.33. The molecule has 0 aliphatic heterocycles. The first-order valence-corrected chi connectivity index (χ1v) is 10.6. The molecule has 0 aliphatic carbocycles. The van der Waals surface area contributed by atoms with Gasteiger partial charge in [-0.05, 0) is 60.0 Å². The third-order valence-corrected chi connectivity index (χ3v) is 4.97. The van der Waals surface area contributed by atoms with Gasteiger partial charge in [0.05, 0.1) is 0 Å². The first-order chi connectivity index (χ1) is 14.7. The van der Waals surface area contributed by atoms with Crippen molar-refractivity contribution in [1.82, 2.24) is 0 Å². The second kappa shape index (κ2) is 9.79. The van der Waals surface area contributed by atoms with Crippen LogP contribution in [0.3, 0.4) is 0 Å². The van der Waals surface area contributed by atoms with Crippen LogP contribution in [0.1, 0.15) is 36.7 Å². The maximum atomic E-state index is 12.3. The van der Waals surface area contributed by atoms with E-state index < -0.39 is 5.97 Å². The first-order valence-electron chi connectivity index (χ1n) is 9.82. The Balaban J connectivity index is 1.57. The minimum atomic E-state index is -0.524. The van der Waals surface area contributed by atoms with E-state index in [9.17, 15) is 9.59 Å². The highest BCUT2D eigenvalue weighted by atomic mass is 79.9. The molecule has 0 unspecified atom stereocenters. The van der Waals surface area contributed by atoms with E-state index in [1.165, 1.54) is 0 Å². The number of ether oxygens (including phenoxy) is 2. The molecule has 0 bridgehead atoms. The van der Waals surface area contributed by atoms with Gasteiger partial charge in [-0.25, -0.2) is 4.79 Å². The molecule has 0 fully saturated rings. The lowest BCUT2D eigenvalue weighted by Gasteiger charge is -2.23. The van der Waals surface area contributed by atoms with Crippen molar-refractivity contribution >= 4 is 33.5 Å². The van der Waals surface area contributed by atoms with E-state index in [1.54, 1.807) is 24.3 Å². The average molecular weight is 482 g/mol. The Hall–Kier alpha value is -3.12. The molecule has 6 heteroatoms. The number of halogens is 1. The van der Waals surface area contributed by atoms with Crippen LogP contribution in [0.5, 0.6) is 11.5 Å². The van der Waals surface area contributed by atoms with Crippen molar-refractivity contribution in [3.63, 3.8) is 0 Å². The quantitative estimate of drug-likeness (QED) is 0.347. The lowest BCUT2D eigenvalue weighted by atomic mass is 9.86. The number of carbonyl (C=O) groups excluding carboxylic acids is 2. The Labute approximate surface area is 190 Å². The van der Waals surface area contributed by atoms with Crippen molar-refractivity contribution in [2.24, 2.45) is 0 Å². The van der Waals surface area contributed by atoms with Crippen LogP contribution in [0.25, 0.3) is 0 Å². The summed E-state index contributed by atoms with van der Waals surface area (Å²) < 4.78 is 12.0. The predicted molar refractivity (Wildman–Crippen MR) is 125 cm³/mol. The van der Waals surface area contributed by atoms with Crippen LogP contribution in [0.15, 0.2) is 77.3 Å². The van der Waals surface area contributed by atoms with Crippen LogP contribution in [0.4, 0.5) is 5.69 Å². The molecule has 5 nitrogen and oxygen atoms in total. The highest BCUT2D eigenvalue weighted by molar-refractivity contribution is 9.10. The van der Waals surface area contributed by atoms with Gasteiger partial charge in [-0.3, -0.25) is 4.79 Å². The van der Waals surface area contributed by atoms with Crippen LogP contribution in [0.2, 0.25) is 0 Å². The number of hydrogen-bond donors (Lipinski definition) is 1. The van der Waals surface area contributed by atoms with Gasteiger partial charge in [0.15, 0.2) is 6.61 Å². The molecule has 0 saturated carbocycles. The summed E-state index contributed by atoms with van der Waals surface area (Å²) in [6.07, 6.45) is 0. The summed E-state index contributed by atoms with van der Waals surface area (Å²) in [4.78, 5) is 24.5. The maximum absolute atomic E-state index is 12.3. The molecule has 1 amide bonds. The normalized spacial score (nSPS) is 11.0. The Bertz CT molecular complexity index is 1060. The minimum Gasteiger partial charge on any atom is -0.482 e. The number of benzene rings is 3. The van der Waals surface area contributed by atoms with Gasteiger partial charge in [-0.15, -0.1) is 0 Å². The van der Waals surface area contributed by atoms with Crippen molar-refractivity contribution in [2.75, 3.05) is 11.9 Å². The number of amides is 1. The average Bonchev–Trinajstić information content (AvgIpc) is 2.73. The molecule has 31 heavy (non-hydrogen) atoms. The Morgan fingerprint density at radius 3 is 2.26 bits per heavy atom. The van der Waals surface area contributed by atoms with Crippen molar-refractivity contribution in [2.45, 2.75) is 26.2 Å².